The number of hydrogen-bond acceptors (Lipinski definition) is 3. The fraction of sp³-hybridized carbons (Fsp3) is 0.933. The lowest BCUT2D eigenvalue weighted by Gasteiger charge is -2.16. The van der Waals surface area contributed by atoms with Crippen LogP contribution >= 0.6 is 0 Å². The Morgan fingerprint density at radius 3 is 2.58 bits per heavy atom. The van der Waals surface area contributed by atoms with Crippen molar-refractivity contribution in [3.05, 3.63) is 0 Å². The molecule has 0 atom stereocenters. The summed E-state index contributed by atoms with van der Waals surface area (Å²) in [6, 6.07) is 0.664. The Morgan fingerprint density at radius 2 is 1.89 bits per heavy atom. The molecule has 0 heterocycles. The number of carbonyl (C=O) groups is 1. The summed E-state index contributed by atoms with van der Waals surface area (Å²) in [5.74, 6) is 0.141. The van der Waals surface area contributed by atoms with E-state index in [0.717, 1.165) is 26.1 Å². The third-order valence-corrected chi connectivity index (χ3v) is 3.63. The van der Waals surface area contributed by atoms with Crippen LogP contribution in [0.5, 0.6) is 0 Å². The van der Waals surface area contributed by atoms with Gasteiger partial charge < -0.3 is 15.4 Å². The van der Waals surface area contributed by atoms with Crippen molar-refractivity contribution < 1.29 is 9.53 Å². The van der Waals surface area contributed by atoms with Crippen LogP contribution in [0.3, 0.4) is 0 Å². The van der Waals surface area contributed by atoms with E-state index >= 15 is 0 Å². The third kappa shape index (κ3) is 9.00. The third-order valence-electron chi connectivity index (χ3n) is 3.63. The van der Waals surface area contributed by atoms with Crippen LogP contribution < -0.4 is 10.6 Å². The van der Waals surface area contributed by atoms with Crippen LogP contribution in [-0.2, 0) is 9.53 Å². The first-order valence-corrected chi connectivity index (χ1v) is 7.90. The van der Waals surface area contributed by atoms with Crippen molar-refractivity contribution >= 4 is 5.91 Å². The molecule has 0 saturated heterocycles. The highest BCUT2D eigenvalue weighted by atomic mass is 16.5. The number of rotatable bonds is 9. The first-order chi connectivity index (χ1) is 9.33. The zero-order chi connectivity index (χ0) is 13.8. The summed E-state index contributed by atoms with van der Waals surface area (Å²) in [5.41, 5.74) is 0. The van der Waals surface area contributed by atoms with Crippen LogP contribution in [0.25, 0.3) is 0 Å². The van der Waals surface area contributed by atoms with Gasteiger partial charge in [0, 0.05) is 38.8 Å². The van der Waals surface area contributed by atoms with Gasteiger partial charge in [0.15, 0.2) is 0 Å². The number of ether oxygens (including phenoxy) is 1. The minimum Gasteiger partial charge on any atom is -0.382 e. The van der Waals surface area contributed by atoms with E-state index < -0.39 is 0 Å². The molecule has 0 aromatic heterocycles. The highest BCUT2D eigenvalue weighted by molar-refractivity contribution is 5.75. The van der Waals surface area contributed by atoms with Crippen molar-refractivity contribution in [3.8, 4) is 0 Å². The van der Waals surface area contributed by atoms with E-state index in [2.05, 4.69) is 10.6 Å². The lowest BCUT2D eigenvalue weighted by molar-refractivity contribution is -0.121. The highest BCUT2D eigenvalue weighted by Gasteiger charge is 2.10. The molecule has 1 fully saturated rings. The van der Waals surface area contributed by atoms with E-state index in [9.17, 15) is 4.79 Å². The fourth-order valence-electron chi connectivity index (χ4n) is 2.53. The number of amides is 1. The second-order valence-electron chi connectivity index (χ2n) is 5.29. The zero-order valence-corrected chi connectivity index (χ0v) is 12.4. The summed E-state index contributed by atoms with van der Waals surface area (Å²) in [6.45, 7) is 5.02. The van der Waals surface area contributed by atoms with Crippen molar-refractivity contribution in [2.24, 2.45) is 0 Å². The van der Waals surface area contributed by atoms with Gasteiger partial charge in [-0.05, 0) is 26.2 Å². The van der Waals surface area contributed by atoms with Crippen molar-refractivity contribution in [2.75, 3.05) is 26.3 Å². The van der Waals surface area contributed by atoms with Gasteiger partial charge in [-0.15, -0.1) is 0 Å². The number of hydrogen-bond donors (Lipinski definition) is 2. The molecule has 0 unspecified atom stereocenters. The normalized spacial score (nSPS) is 17.1. The molecular weight excluding hydrogens is 240 g/mol. The van der Waals surface area contributed by atoms with Crippen molar-refractivity contribution in [1.82, 2.24) is 10.6 Å². The predicted octanol–water partition coefficient (Wildman–Crippen LogP) is 2.23. The van der Waals surface area contributed by atoms with Gasteiger partial charge >= 0.3 is 0 Å². The fourth-order valence-corrected chi connectivity index (χ4v) is 2.53. The molecule has 112 valence electrons. The minimum atomic E-state index is 0.141. The molecule has 2 N–H and O–H groups in total. The van der Waals surface area contributed by atoms with Crippen LogP contribution in [0.2, 0.25) is 0 Å². The summed E-state index contributed by atoms with van der Waals surface area (Å²) in [7, 11) is 0. The predicted molar refractivity (Wildman–Crippen MR) is 78.2 cm³/mol. The quantitative estimate of drug-likeness (QED) is 0.499. The smallest absolute Gasteiger partial charge is 0.220 e. The monoisotopic (exact) mass is 270 g/mol. The molecule has 0 aliphatic heterocycles. The molecule has 0 radical (unpaired) electrons. The van der Waals surface area contributed by atoms with Crippen LogP contribution in [0.4, 0.5) is 0 Å². The van der Waals surface area contributed by atoms with Crippen LogP contribution in [0.1, 0.15) is 58.3 Å². The largest absolute Gasteiger partial charge is 0.382 e. The average molecular weight is 270 g/mol. The van der Waals surface area contributed by atoms with Crippen LogP contribution in [-0.4, -0.2) is 38.3 Å². The van der Waals surface area contributed by atoms with Gasteiger partial charge in [-0.2, -0.15) is 0 Å². The SMILES string of the molecule is CCOCCCC(=O)NCCNC1CCCCCC1. The van der Waals surface area contributed by atoms with Gasteiger partial charge in [0.2, 0.25) is 5.91 Å². The topological polar surface area (TPSA) is 50.4 Å². The van der Waals surface area contributed by atoms with Crippen molar-refractivity contribution in [3.63, 3.8) is 0 Å². The maximum absolute atomic E-state index is 11.5. The average Bonchev–Trinajstić information content (AvgIpc) is 2.68. The summed E-state index contributed by atoms with van der Waals surface area (Å²) < 4.78 is 5.21. The Hall–Kier alpha value is -0.610. The van der Waals surface area contributed by atoms with E-state index in [1.165, 1.54) is 38.5 Å². The van der Waals surface area contributed by atoms with E-state index in [0.29, 0.717) is 19.1 Å². The molecule has 1 aliphatic rings. The Bertz CT molecular complexity index is 226. The van der Waals surface area contributed by atoms with Crippen molar-refractivity contribution in [1.29, 1.82) is 0 Å². The molecule has 0 aromatic carbocycles. The summed E-state index contributed by atoms with van der Waals surface area (Å²) in [4.78, 5) is 11.5. The molecule has 1 aliphatic carbocycles. The molecule has 0 bridgehead atoms. The molecule has 1 rings (SSSR count). The summed E-state index contributed by atoms with van der Waals surface area (Å²) >= 11 is 0. The minimum absolute atomic E-state index is 0.141. The maximum Gasteiger partial charge on any atom is 0.220 e. The van der Waals surface area contributed by atoms with E-state index in [1.54, 1.807) is 0 Å². The van der Waals surface area contributed by atoms with Crippen LogP contribution in [0.15, 0.2) is 0 Å². The number of carbonyl (C=O) groups excluding carboxylic acids is 1. The summed E-state index contributed by atoms with van der Waals surface area (Å²) in [5, 5.41) is 6.51. The van der Waals surface area contributed by atoms with Gasteiger partial charge in [-0.25, -0.2) is 0 Å². The number of nitrogens with one attached hydrogen (secondary N) is 2. The Kier molecular flexibility index (Phi) is 9.72. The molecule has 1 saturated carbocycles. The molecule has 4 heteroatoms. The Morgan fingerprint density at radius 1 is 1.16 bits per heavy atom. The molecule has 0 spiro atoms. The molecular formula is C15H30N2O2. The van der Waals surface area contributed by atoms with Crippen LogP contribution in [0, 0.1) is 0 Å². The lowest BCUT2D eigenvalue weighted by atomic mass is 10.1. The Labute approximate surface area is 117 Å². The Balaban J connectivity index is 1.92. The summed E-state index contributed by atoms with van der Waals surface area (Å²) in [6.07, 6.45) is 9.44. The molecule has 19 heavy (non-hydrogen) atoms. The van der Waals surface area contributed by atoms with Gasteiger partial charge in [0.05, 0.1) is 0 Å². The second kappa shape index (κ2) is 11.2. The highest BCUT2D eigenvalue weighted by Crippen LogP contribution is 2.16. The van der Waals surface area contributed by atoms with Gasteiger partial charge in [0.25, 0.3) is 0 Å². The van der Waals surface area contributed by atoms with Crippen molar-refractivity contribution in [2.45, 2.75) is 64.3 Å². The second-order valence-corrected chi connectivity index (χ2v) is 5.29. The molecule has 0 aromatic rings. The zero-order valence-electron chi connectivity index (χ0n) is 12.4. The van der Waals surface area contributed by atoms with E-state index in [4.69, 9.17) is 4.74 Å². The van der Waals surface area contributed by atoms with Gasteiger partial charge in [-0.3, -0.25) is 4.79 Å². The first kappa shape index (κ1) is 16.4. The van der Waals surface area contributed by atoms with E-state index in [1.807, 2.05) is 6.92 Å². The van der Waals surface area contributed by atoms with Gasteiger partial charge in [-0.1, -0.05) is 25.7 Å². The molecule has 4 nitrogen and oxygen atoms in total. The lowest BCUT2D eigenvalue weighted by Crippen LogP contribution is -2.36. The van der Waals surface area contributed by atoms with E-state index in [-0.39, 0.29) is 5.91 Å². The standard InChI is InChI=1S/C15H30N2O2/c1-2-19-13-7-10-15(18)17-12-11-16-14-8-5-3-4-6-9-14/h14,16H,2-13H2,1H3,(H,17,18). The van der Waals surface area contributed by atoms with Gasteiger partial charge in [0.1, 0.15) is 0 Å². The maximum atomic E-state index is 11.5. The first-order valence-electron chi connectivity index (χ1n) is 7.90. The molecule has 1 amide bonds.